The van der Waals surface area contributed by atoms with E-state index in [0.29, 0.717) is 6.04 Å². The number of carbonyl (C=O) groups excluding carboxylic acids is 1. The van der Waals surface area contributed by atoms with Crippen molar-refractivity contribution in [3.63, 3.8) is 0 Å². The van der Waals surface area contributed by atoms with Gasteiger partial charge >= 0.3 is 0 Å². The summed E-state index contributed by atoms with van der Waals surface area (Å²) in [4.78, 5) is 24.5. The van der Waals surface area contributed by atoms with Crippen LogP contribution in [0.5, 0.6) is 0 Å². The Hall–Kier alpha value is -2.63. The lowest BCUT2D eigenvalue weighted by Gasteiger charge is -2.34. The Morgan fingerprint density at radius 2 is 1.89 bits per heavy atom. The summed E-state index contributed by atoms with van der Waals surface area (Å²) in [6, 6.07) is 8.50. The molecule has 1 amide bonds. The van der Waals surface area contributed by atoms with Gasteiger partial charge < -0.3 is 14.6 Å². The molecule has 146 valence electrons. The Kier molecular flexibility index (Phi) is 4.63. The van der Waals surface area contributed by atoms with E-state index in [1.165, 1.54) is 19.3 Å². The van der Waals surface area contributed by atoms with Gasteiger partial charge in [0, 0.05) is 31.5 Å². The van der Waals surface area contributed by atoms with E-state index in [0.717, 1.165) is 61.3 Å². The van der Waals surface area contributed by atoms with Gasteiger partial charge in [0.1, 0.15) is 0 Å². The molecule has 2 aliphatic rings. The van der Waals surface area contributed by atoms with Crippen molar-refractivity contribution >= 4 is 28.4 Å². The van der Waals surface area contributed by atoms with Gasteiger partial charge in [-0.3, -0.25) is 4.79 Å². The van der Waals surface area contributed by atoms with Crippen LogP contribution in [0.25, 0.3) is 16.7 Å². The van der Waals surface area contributed by atoms with Crippen molar-refractivity contribution in [3.8, 4) is 0 Å². The van der Waals surface area contributed by atoms with Gasteiger partial charge in [0.15, 0.2) is 11.5 Å². The zero-order valence-electron chi connectivity index (χ0n) is 16.2. The molecule has 5 rings (SSSR count). The van der Waals surface area contributed by atoms with Gasteiger partial charge in [-0.1, -0.05) is 19.3 Å². The third kappa shape index (κ3) is 3.21. The van der Waals surface area contributed by atoms with E-state index in [2.05, 4.69) is 31.9 Å². The molecule has 6 heteroatoms. The van der Waals surface area contributed by atoms with Gasteiger partial charge in [-0.2, -0.15) is 0 Å². The van der Waals surface area contributed by atoms with Crippen molar-refractivity contribution in [2.45, 2.75) is 51.0 Å². The number of aromatic nitrogens is 3. The molecule has 1 saturated heterocycles. The second kappa shape index (κ2) is 7.41. The van der Waals surface area contributed by atoms with Crippen LogP contribution < -0.4 is 10.2 Å². The number of pyridine rings is 1. The van der Waals surface area contributed by atoms with Crippen molar-refractivity contribution in [3.05, 3.63) is 36.7 Å². The van der Waals surface area contributed by atoms with Gasteiger partial charge in [-0.25, -0.2) is 9.97 Å². The molecule has 6 nitrogen and oxygen atoms in total. The standard InChI is InChI=1S/C22H27N5O/c28-22(24-17-8-2-1-3-9-17)16-7-5-13-26(15-16)21-19-11-6-14-27(19)18-10-4-12-23-20(18)25-21/h4,6,10-12,14,16-17H,1-3,5,7-9,13,15H2,(H,24,28)/t16-/m1/s1. The van der Waals surface area contributed by atoms with Gasteiger partial charge in [0.05, 0.1) is 17.0 Å². The Labute approximate surface area is 165 Å². The normalized spacial score (nSPS) is 21.3. The fourth-order valence-electron chi connectivity index (χ4n) is 4.78. The van der Waals surface area contributed by atoms with Crippen LogP contribution in [0.4, 0.5) is 5.82 Å². The Morgan fingerprint density at radius 1 is 1.04 bits per heavy atom. The van der Waals surface area contributed by atoms with Crippen LogP contribution in [-0.2, 0) is 4.79 Å². The van der Waals surface area contributed by atoms with E-state index in [4.69, 9.17) is 4.98 Å². The topological polar surface area (TPSA) is 62.5 Å². The van der Waals surface area contributed by atoms with E-state index in [9.17, 15) is 4.79 Å². The van der Waals surface area contributed by atoms with Crippen LogP contribution >= 0.6 is 0 Å². The molecule has 4 heterocycles. The highest BCUT2D eigenvalue weighted by Gasteiger charge is 2.29. The number of hydrogen-bond donors (Lipinski definition) is 1. The van der Waals surface area contributed by atoms with Crippen molar-refractivity contribution < 1.29 is 4.79 Å². The fourth-order valence-corrected chi connectivity index (χ4v) is 4.78. The minimum atomic E-state index is 0.0342. The number of piperidine rings is 1. The summed E-state index contributed by atoms with van der Waals surface area (Å²) in [5.41, 5.74) is 2.83. The maximum Gasteiger partial charge on any atom is 0.225 e. The molecule has 1 saturated carbocycles. The number of fused-ring (bicyclic) bond motifs is 3. The molecule has 1 aliphatic carbocycles. The number of carbonyl (C=O) groups is 1. The molecule has 0 unspecified atom stereocenters. The maximum absolute atomic E-state index is 12.9. The third-order valence-corrected chi connectivity index (χ3v) is 6.26. The molecule has 0 radical (unpaired) electrons. The van der Waals surface area contributed by atoms with Gasteiger partial charge in [-0.15, -0.1) is 0 Å². The number of amides is 1. The molecular formula is C22H27N5O. The van der Waals surface area contributed by atoms with Crippen LogP contribution in [0.3, 0.4) is 0 Å². The predicted molar refractivity (Wildman–Crippen MR) is 110 cm³/mol. The molecule has 3 aromatic rings. The first-order chi connectivity index (χ1) is 13.8. The van der Waals surface area contributed by atoms with Crippen molar-refractivity contribution in [2.24, 2.45) is 5.92 Å². The first-order valence-corrected chi connectivity index (χ1v) is 10.6. The smallest absolute Gasteiger partial charge is 0.225 e. The number of hydrogen-bond acceptors (Lipinski definition) is 4. The number of rotatable bonds is 3. The van der Waals surface area contributed by atoms with Gasteiger partial charge in [-0.05, 0) is 49.9 Å². The molecular weight excluding hydrogens is 350 g/mol. The first-order valence-electron chi connectivity index (χ1n) is 10.6. The first kappa shape index (κ1) is 17.5. The molecule has 2 fully saturated rings. The number of nitrogens with one attached hydrogen (secondary N) is 1. The SMILES string of the molecule is O=C(NC1CCCCC1)[C@@H]1CCCN(c2nc3ncccc3n3cccc23)C1. The largest absolute Gasteiger partial charge is 0.354 e. The average molecular weight is 377 g/mol. The van der Waals surface area contributed by atoms with E-state index in [1.807, 2.05) is 18.2 Å². The lowest BCUT2D eigenvalue weighted by atomic mass is 9.93. The van der Waals surface area contributed by atoms with Crippen LogP contribution in [0, 0.1) is 5.92 Å². The van der Waals surface area contributed by atoms with Gasteiger partial charge in [0.2, 0.25) is 5.91 Å². The van der Waals surface area contributed by atoms with Crippen LogP contribution in [0.2, 0.25) is 0 Å². The summed E-state index contributed by atoms with van der Waals surface area (Å²) >= 11 is 0. The Bertz CT molecular complexity index is 991. The van der Waals surface area contributed by atoms with E-state index >= 15 is 0 Å². The molecule has 28 heavy (non-hydrogen) atoms. The molecule has 1 atom stereocenters. The lowest BCUT2D eigenvalue weighted by Crippen LogP contribution is -2.46. The monoisotopic (exact) mass is 377 g/mol. The molecule has 1 aliphatic heterocycles. The minimum absolute atomic E-state index is 0.0342. The summed E-state index contributed by atoms with van der Waals surface area (Å²) in [6.07, 6.45) is 11.8. The number of anilines is 1. The van der Waals surface area contributed by atoms with Crippen molar-refractivity contribution in [1.82, 2.24) is 19.7 Å². The zero-order valence-corrected chi connectivity index (χ0v) is 16.2. The van der Waals surface area contributed by atoms with E-state index < -0.39 is 0 Å². The van der Waals surface area contributed by atoms with Crippen molar-refractivity contribution in [1.29, 1.82) is 0 Å². The number of nitrogens with zero attached hydrogens (tertiary/aromatic N) is 4. The molecule has 3 aromatic heterocycles. The summed E-state index contributed by atoms with van der Waals surface area (Å²) in [5, 5.41) is 3.32. The molecule has 0 aromatic carbocycles. The molecule has 0 spiro atoms. The Morgan fingerprint density at radius 3 is 2.79 bits per heavy atom. The summed E-state index contributed by atoms with van der Waals surface area (Å²) in [7, 11) is 0. The van der Waals surface area contributed by atoms with Crippen LogP contribution in [0.15, 0.2) is 36.7 Å². The lowest BCUT2D eigenvalue weighted by molar-refractivity contribution is -0.126. The maximum atomic E-state index is 12.9. The van der Waals surface area contributed by atoms with Gasteiger partial charge in [0.25, 0.3) is 0 Å². The van der Waals surface area contributed by atoms with Crippen molar-refractivity contribution in [2.75, 3.05) is 18.0 Å². The highest BCUT2D eigenvalue weighted by atomic mass is 16.2. The summed E-state index contributed by atoms with van der Waals surface area (Å²) in [5.74, 6) is 1.19. The molecule has 0 bridgehead atoms. The van der Waals surface area contributed by atoms with E-state index in [-0.39, 0.29) is 11.8 Å². The quantitative estimate of drug-likeness (QED) is 0.758. The summed E-state index contributed by atoms with van der Waals surface area (Å²) < 4.78 is 2.15. The highest BCUT2D eigenvalue weighted by molar-refractivity contribution is 5.84. The minimum Gasteiger partial charge on any atom is -0.354 e. The Balaban J connectivity index is 1.40. The summed E-state index contributed by atoms with van der Waals surface area (Å²) in [6.45, 7) is 1.66. The highest BCUT2D eigenvalue weighted by Crippen LogP contribution is 2.29. The third-order valence-electron chi connectivity index (χ3n) is 6.26. The second-order valence-corrected chi connectivity index (χ2v) is 8.17. The molecule has 1 N–H and O–H groups in total. The van der Waals surface area contributed by atoms with E-state index in [1.54, 1.807) is 6.20 Å². The second-order valence-electron chi connectivity index (χ2n) is 8.17. The fraction of sp³-hybridized carbons (Fsp3) is 0.500. The average Bonchev–Trinajstić information content (AvgIpc) is 3.24. The van der Waals surface area contributed by atoms with Crippen LogP contribution in [0.1, 0.15) is 44.9 Å². The van der Waals surface area contributed by atoms with Crippen LogP contribution in [-0.4, -0.2) is 39.4 Å². The zero-order chi connectivity index (χ0) is 18.9. The predicted octanol–water partition coefficient (Wildman–Crippen LogP) is 3.55.